The van der Waals surface area contributed by atoms with Crippen molar-refractivity contribution in [3.8, 4) is 0 Å². The summed E-state index contributed by atoms with van der Waals surface area (Å²) in [6.07, 6.45) is 5.91. The van der Waals surface area contributed by atoms with Crippen molar-refractivity contribution in [2.75, 3.05) is 20.1 Å². The van der Waals surface area contributed by atoms with Gasteiger partial charge in [0.15, 0.2) is 0 Å². The number of fused-ring (bicyclic) bond motifs is 1. The first kappa shape index (κ1) is 19.7. The molecule has 2 aliphatic carbocycles. The van der Waals surface area contributed by atoms with Crippen LogP contribution in [-0.2, 0) is 11.2 Å². The zero-order valence-corrected chi connectivity index (χ0v) is 15.6. The lowest BCUT2D eigenvalue weighted by Gasteiger charge is -2.30. The molecular formula is C15H25Cl2N3OS. The number of hydrogen-bond acceptors (Lipinski definition) is 4. The van der Waals surface area contributed by atoms with Gasteiger partial charge in [0, 0.05) is 7.05 Å². The quantitative estimate of drug-likeness (QED) is 0.871. The van der Waals surface area contributed by atoms with E-state index >= 15 is 0 Å². The van der Waals surface area contributed by atoms with Crippen LogP contribution in [0.4, 0.5) is 0 Å². The molecule has 1 heterocycles. The Hall–Kier alpha value is -0.360. The zero-order chi connectivity index (χ0) is 14.1. The number of thiazole rings is 1. The fourth-order valence-corrected chi connectivity index (χ4v) is 4.04. The minimum absolute atomic E-state index is 0. The smallest absolute Gasteiger partial charge is 0.236 e. The molecule has 0 aromatic carbocycles. The summed E-state index contributed by atoms with van der Waals surface area (Å²) in [7, 11) is 1.94. The lowest BCUT2D eigenvalue weighted by Crippen LogP contribution is -2.39. The van der Waals surface area contributed by atoms with Crippen molar-refractivity contribution < 1.29 is 4.79 Å². The van der Waals surface area contributed by atoms with Crippen LogP contribution in [0.15, 0.2) is 0 Å². The van der Waals surface area contributed by atoms with Gasteiger partial charge in [0.2, 0.25) is 5.91 Å². The molecule has 3 rings (SSSR count). The third kappa shape index (κ3) is 4.57. The number of hydrogen-bond donors (Lipinski definition) is 1. The first-order chi connectivity index (χ1) is 9.65. The van der Waals surface area contributed by atoms with Crippen LogP contribution in [0.2, 0.25) is 0 Å². The Labute approximate surface area is 148 Å². The van der Waals surface area contributed by atoms with Crippen LogP contribution < -0.4 is 5.32 Å². The second-order valence-corrected chi connectivity index (χ2v) is 7.27. The van der Waals surface area contributed by atoms with Gasteiger partial charge in [0.25, 0.3) is 0 Å². The second kappa shape index (κ2) is 8.48. The van der Waals surface area contributed by atoms with Crippen molar-refractivity contribution in [1.29, 1.82) is 0 Å². The van der Waals surface area contributed by atoms with Gasteiger partial charge >= 0.3 is 0 Å². The van der Waals surface area contributed by atoms with Gasteiger partial charge < -0.3 is 10.2 Å². The van der Waals surface area contributed by atoms with Crippen LogP contribution >= 0.6 is 36.2 Å². The summed E-state index contributed by atoms with van der Waals surface area (Å²) in [5, 5.41) is 4.41. The third-order valence-corrected chi connectivity index (χ3v) is 5.41. The van der Waals surface area contributed by atoms with E-state index in [0.29, 0.717) is 6.54 Å². The topological polar surface area (TPSA) is 45.2 Å². The average Bonchev–Trinajstić information content (AvgIpc) is 3.16. The zero-order valence-electron chi connectivity index (χ0n) is 13.1. The van der Waals surface area contributed by atoms with E-state index in [1.165, 1.54) is 23.4 Å². The molecule has 4 nitrogen and oxygen atoms in total. The minimum Gasteiger partial charge on any atom is -0.337 e. The van der Waals surface area contributed by atoms with Crippen molar-refractivity contribution in [3.63, 3.8) is 0 Å². The number of nitrogens with one attached hydrogen (secondary N) is 1. The van der Waals surface area contributed by atoms with Crippen LogP contribution in [0.1, 0.15) is 47.3 Å². The van der Waals surface area contributed by atoms with Gasteiger partial charge in [-0.3, -0.25) is 4.79 Å². The maximum absolute atomic E-state index is 12.3. The van der Waals surface area contributed by atoms with Crippen LogP contribution in [-0.4, -0.2) is 35.9 Å². The Bertz CT molecular complexity index is 505. The van der Waals surface area contributed by atoms with Gasteiger partial charge in [0.05, 0.1) is 28.2 Å². The predicted molar refractivity (Wildman–Crippen MR) is 95.4 cm³/mol. The number of rotatable bonds is 5. The Balaban J connectivity index is 0.00000121. The molecule has 1 saturated carbocycles. The number of halogens is 2. The van der Waals surface area contributed by atoms with E-state index in [4.69, 9.17) is 0 Å². The first-order valence-corrected chi connectivity index (χ1v) is 8.39. The monoisotopic (exact) mass is 365 g/mol. The van der Waals surface area contributed by atoms with Crippen molar-refractivity contribution in [3.05, 3.63) is 15.6 Å². The van der Waals surface area contributed by atoms with E-state index in [1.807, 2.05) is 11.9 Å². The van der Waals surface area contributed by atoms with E-state index in [0.717, 1.165) is 36.7 Å². The van der Waals surface area contributed by atoms with E-state index in [-0.39, 0.29) is 36.8 Å². The van der Waals surface area contributed by atoms with E-state index in [2.05, 4.69) is 17.2 Å². The van der Waals surface area contributed by atoms with Gasteiger partial charge in [-0.25, -0.2) is 4.98 Å². The molecule has 0 saturated heterocycles. The molecule has 1 unspecified atom stereocenters. The number of nitrogens with zero attached hydrogens (tertiary/aromatic N) is 2. The van der Waals surface area contributed by atoms with Crippen LogP contribution in [0.3, 0.4) is 0 Å². The number of amides is 1. The van der Waals surface area contributed by atoms with Crippen molar-refractivity contribution in [1.82, 2.24) is 15.2 Å². The number of likely N-dealkylation sites (N-methyl/N-ethyl adjacent to an activating group) is 1. The summed E-state index contributed by atoms with van der Waals surface area (Å²) in [4.78, 5) is 20.1. The Morgan fingerprint density at radius 2 is 2.09 bits per heavy atom. The average molecular weight is 366 g/mol. The summed E-state index contributed by atoms with van der Waals surface area (Å²) < 4.78 is 0. The molecule has 1 amide bonds. The molecule has 126 valence electrons. The molecule has 7 heteroatoms. The highest BCUT2D eigenvalue weighted by molar-refractivity contribution is 7.11. The van der Waals surface area contributed by atoms with Crippen LogP contribution in [0.25, 0.3) is 0 Å². The number of carbonyl (C=O) groups excluding carboxylic acids is 1. The predicted octanol–water partition coefficient (Wildman–Crippen LogP) is 3.13. The third-order valence-electron chi connectivity index (χ3n) is 4.30. The largest absolute Gasteiger partial charge is 0.337 e. The molecule has 22 heavy (non-hydrogen) atoms. The highest BCUT2D eigenvalue weighted by atomic mass is 35.5. The van der Waals surface area contributed by atoms with E-state index in [1.54, 1.807) is 11.3 Å². The van der Waals surface area contributed by atoms with Crippen LogP contribution in [0.5, 0.6) is 0 Å². The Kier molecular flexibility index (Phi) is 7.59. The molecule has 1 aromatic heterocycles. The maximum atomic E-state index is 12.3. The molecule has 1 fully saturated rings. The molecule has 1 N–H and O–H groups in total. The van der Waals surface area contributed by atoms with Crippen molar-refractivity contribution >= 4 is 42.1 Å². The van der Waals surface area contributed by atoms with E-state index < -0.39 is 0 Å². The van der Waals surface area contributed by atoms with Gasteiger partial charge in [-0.1, -0.05) is 0 Å². The van der Waals surface area contributed by atoms with Gasteiger partial charge in [-0.15, -0.1) is 36.2 Å². The van der Waals surface area contributed by atoms with Crippen molar-refractivity contribution in [2.24, 2.45) is 5.92 Å². The normalized spacial score (nSPS) is 19.6. The molecule has 1 aromatic rings. The number of aryl methyl sites for hydroxylation is 2. The molecular weight excluding hydrogens is 341 g/mol. The van der Waals surface area contributed by atoms with Gasteiger partial charge in [-0.2, -0.15) is 0 Å². The Morgan fingerprint density at radius 3 is 2.77 bits per heavy atom. The molecule has 0 bridgehead atoms. The first-order valence-electron chi connectivity index (χ1n) is 7.57. The number of carbonyl (C=O) groups is 1. The standard InChI is InChI=1S/C15H23N3OS.2ClH/c1-10-17-12-4-3-5-13(15(12)20-10)18(2)14(19)9-16-8-11-6-7-11;;/h11,13,16H,3-9H2,1-2H3;2*1H. The summed E-state index contributed by atoms with van der Waals surface area (Å²) in [6, 6.07) is 0.236. The Morgan fingerprint density at radius 1 is 1.36 bits per heavy atom. The summed E-state index contributed by atoms with van der Waals surface area (Å²) in [5.41, 5.74) is 1.22. The summed E-state index contributed by atoms with van der Waals surface area (Å²) in [6.45, 7) is 3.52. The van der Waals surface area contributed by atoms with E-state index in [9.17, 15) is 4.79 Å². The molecule has 0 spiro atoms. The van der Waals surface area contributed by atoms with Crippen LogP contribution in [0, 0.1) is 12.8 Å². The minimum atomic E-state index is 0. The molecule has 0 aliphatic heterocycles. The molecule has 0 radical (unpaired) electrons. The SMILES string of the molecule is Cc1nc2c(s1)C(N(C)C(=O)CNCC1CC1)CCC2.Cl.Cl. The number of aromatic nitrogens is 1. The summed E-state index contributed by atoms with van der Waals surface area (Å²) in [5.74, 6) is 1.02. The fraction of sp³-hybridized carbons (Fsp3) is 0.733. The fourth-order valence-electron chi connectivity index (χ4n) is 2.89. The lowest BCUT2D eigenvalue weighted by atomic mass is 9.97. The molecule has 1 atom stereocenters. The summed E-state index contributed by atoms with van der Waals surface area (Å²) >= 11 is 1.76. The molecule has 2 aliphatic rings. The van der Waals surface area contributed by atoms with Crippen molar-refractivity contribution in [2.45, 2.75) is 45.1 Å². The highest BCUT2D eigenvalue weighted by Crippen LogP contribution is 2.37. The lowest BCUT2D eigenvalue weighted by molar-refractivity contribution is -0.131. The maximum Gasteiger partial charge on any atom is 0.236 e. The highest BCUT2D eigenvalue weighted by Gasteiger charge is 2.29. The van der Waals surface area contributed by atoms with Gasteiger partial charge in [-0.05, 0) is 51.5 Å². The second-order valence-electron chi connectivity index (χ2n) is 6.03. The van der Waals surface area contributed by atoms with Gasteiger partial charge in [0.1, 0.15) is 0 Å².